The maximum atomic E-state index is 10.9. The minimum Gasteiger partial charge on any atom is -0.393 e. The van der Waals surface area contributed by atoms with Crippen molar-refractivity contribution in [3.63, 3.8) is 0 Å². The Morgan fingerprint density at radius 3 is 2.59 bits per heavy atom. The molecule has 0 radical (unpaired) electrons. The number of rotatable bonds is 5. The second kappa shape index (κ2) is 8.30. The molecule has 0 aromatic heterocycles. The molecule has 4 rings (SSSR count). The molecular formula is C27H46O2. The normalized spacial score (nSPS) is 46.5. The van der Waals surface area contributed by atoms with Crippen molar-refractivity contribution in [3.8, 4) is 0 Å². The van der Waals surface area contributed by atoms with Gasteiger partial charge in [-0.05, 0) is 111 Å². The van der Waals surface area contributed by atoms with Crippen LogP contribution in [0.15, 0.2) is 11.6 Å². The third kappa shape index (κ3) is 3.86. The minimum absolute atomic E-state index is 0.108. The van der Waals surface area contributed by atoms with E-state index >= 15 is 0 Å². The van der Waals surface area contributed by atoms with Crippen molar-refractivity contribution < 1.29 is 10.2 Å². The molecular weight excluding hydrogens is 356 g/mol. The van der Waals surface area contributed by atoms with Crippen molar-refractivity contribution in [1.82, 2.24) is 0 Å². The summed E-state index contributed by atoms with van der Waals surface area (Å²) in [6.07, 6.45) is 12.8. The van der Waals surface area contributed by atoms with Crippen LogP contribution in [0.5, 0.6) is 0 Å². The lowest BCUT2D eigenvalue weighted by Crippen LogP contribution is -2.50. The summed E-state index contributed by atoms with van der Waals surface area (Å²) in [6, 6.07) is 0. The molecule has 4 unspecified atom stereocenters. The molecule has 0 bridgehead atoms. The smallest absolute Gasteiger partial charge is 0.0577 e. The van der Waals surface area contributed by atoms with E-state index in [4.69, 9.17) is 0 Å². The molecule has 2 heteroatoms. The Hall–Kier alpha value is -0.340. The highest BCUT2D eigenvalue weighted by atomic mass is 16.3. The van der Waals surface area contributed by atoms with Gasteiger partial charge in [-0.1, -0.05) is 46.3 Å². The van der Waals surface area contributed by atoms with Gasteiger partial charge in [-0.3, -0.25) is 0 Å². The van der Waals surface area contributed by atoms with Crippen LogP contribution < -0.4 is 0 Å². The van der Waals surface area contributed by atoms with Crippen molar-refractivity contribution in [2.45, 2.75) is 105 Å². The average Bonchev–Trinajstić information content (AvgIpc) is 3.12. The van der Waals surface area contributed by atoms with Crippen molar-refractivity contribution in [1.29, 1.82) is 0 Å². The maximum absolute atomic E-state index is 10.9. The zero-order valence-corrected chi connectivity index (χ0v) is 19.6. The van der Waals surface area contributed by atoms with Crippen LogP contribution in [0.25, 0.3) is 0 Å². The van der Waals surface area contributed by atoms with Gasteiger partial charge in [0.1, 0.15) is 0 Å². The number of aliphatic hydroxyl groups is 2. The summed E-state index contributed by atoms with van der Waals surface area (Å²) in [4.78, 5) is 0. The lowest BCUT2D eigenvalue weighted by atomic mass is 9.48. The minimum atomic E-state index is -0.124. The lowest BCUT2D eigenvalue weighted by molar-refractivity contribution is -0.0489. The van der Waals surface area contributed by atoms with Crippen molar-refractivity contribution in [2.24, 2.45) is 52.8 Å². The Bertz CT molecular complexity index is 610. The van der Waals surface area contributed by atoms with Crippen LogP contribution in [-0.2, 0) is 0 Å². The van der Waals surface area contributed by atoms with Crippen LogP contribution in [0.2, 0.25) is 0 Å². The standard InChI is InChI=1S/C27H46O2/c1-16(2)6-11-25(29)18(4)21-9-10-23-22-8-7-19-15-20(28)12-13-27(19,5)24(22)14-17(3)26(21)23/h7,16-18,20-26,28-29H,6,8-15H2,1-5H3/t17-,18+,20+,21-,22?,23?,24?,25-,26?,27+/m1/s1. The maximum Gasteiger partial charge on any atom is 0.0577 e. The zero-order valence-electron chi connectivity index (χ0n) is 19.6. The first-order valence-electron chi connectivity index (χ1n) is 12.8. The Labute approximate surface area is 179 Å². The molecule has 2 nitrogen and oxygen atoms in total. The zero-order chi connectivity index (χ0) is 20.9. The fraction of sp³-hybridized carbons (Fsp3) is 0.926. The quantitative estimate of drug-likeness (QED) is 0.536. The molecule has 29 heavy (non-hydrogen) atoms. The van der Waals surface area contributed by atoms with Gasteiger partial charge in [-0.2, -0.15) is 0 Å². The molecule has 10 atom stereocenters. The summed E-state index contributed by atoms with van der Waals surface area (Å²) in [6.45, 7) is 11.9. The molecule has 0 heterocycles. The van der Waals surface area contributed by atoms with E-state index in [1.54, 1.807) is 5.57 Å². The number of fused-ring (bicyclic) bond motifs is 5. The molecule has 0 aromatic rings. The first kappa shape index (κ1) is 21.9. The molecule has 0 saturated heterocycles. The van der Waals surface area contributed by atoms with Gasteiger partial charge in [0.2, 0.25) is 0 Å². The summed E-state index contributed by atoms with van der Waals surface area (Å²) in [7, 11) is 0. The summed E-state index contributed by atoms with van der Waals surface area (Å²) < 4.78 is 0. The molecule has 0 spiro atoms. The molecule has 4 aliphatic rings. The van der Waals surface area contributed by atoms with E-state index in [0.29, 0.717) is 23.2 Å². The average molecular weight is 403 g/mol. The summed E-state index contributed by atoms with van der Waals surface area (Å²) in [5.41, 5.74) is 1.91. The highest BCUT2D eigenvalue weighted by molar-refractivity contribution is 5.25. The fourth-order valence-corrected chi connectivity index (χ4v) is 8.43. The Morgan fingerprint density at radius 1 is 1.10 bits per heavy atom. The van der Waals surface area contributed by atoms with E-state index < -0.39 is 0 Å². The van der Waals surface area contributed by atoms with Crippen LogP contribution >= 0.6 is 0 Å². The Morgan fingerprint density at radius 2 is 1.86 bits per heavy atom. The molecule has 3 saturated carbocycles. The van der Waals surface area contributed by atoms with Crippen LogP contribution in [-0.4, -0.2) is 22.4 Å². The lowest BCUT2D eigenvalue weighted by Gasteiger charge is -2.57. The summed E-state index contributed by atoms with van der Waals surface area (Å²) in [5, 5.41) is 21.1. The van der Waals surface area contributed by atoms with Crippen LogP contribution in [0.1, 0.15) is 92.4 Å². The number of hydrogen-bond donors (Lipinski definition) is 2. The van der Waals surface area contributed by atoms with Gasteiger partial charge in [0.15, 0.2) is 0 Å². The van der Waals surface area contributed by atoms with E-state index in [-0.39, 0.29) is 12.2 Å². The second-order valence-corrected chi connectivity index (χ2v) is 12.1. The third-order valence-electron chi connectivity index (χ3n) is 10.1. The van der Waals surface area contributed by atoms with Gasteiger partial charge >= 0.3 is 0 Å². The molecule has 3 fully saturated rings. The van der Waals surface area contributed by atoms with Crippen molar-refractivity contribution in [3.05, 3.63) is 11.6 Å². The van der Waals surface area contributed by atoms with Gasteiger partial charge in [0, 0.05) is 0 Å². The third-order valence-corrected chi connectivity index (χ3v) is 10.1. The van der Waals surface area contributed by atoms with E-state index in [0.717, 1.165) is 55.3 Å². The number of aliphatic hydroxyl groups excluding tert-OH is 2. The predicted molar refractivity (Wildman–Crippen MR) is 120 cm³/mol. The first-order chi connectivity index (χ1) is 13.7. The van der Waals surface area contributed by atoms with Gasteiger partial charge < -0.3 is 10.2 Å². The largest absolute Gasteiger partial charge is 0.393 e. The first-order valence-corrected chi connectivity index (χ1v) is 12.8. The predicted octanol–water partition coefficient (Wildman–Crippen LogP) is 6.22. The monoisotopic (exact) mass is 402 g/mol. The molecule has 0 amide bonds. The van der Waals surface area contributed by atoms with Crippen molar-refractivity contribution in [2.75, 3.05) is 0 Å². The van der Waals surface area contributed by atoms with Gasteiger partial charge in [0.25, 0.3) is 0 Å². The van der Waals surface area contributed by atoms with Crippen LogP contribution in [0.4, 0.5) is 0 Å². The topological polar surface area (TPSA) is 40.5 Å². The Kier molecular flexibility index (Phi) is 6.26. The SMILES string of the molecule is CC(C)CC[C@@H](O)[C@@H](C)[C@H]1CCC2C3CC=C4C[C@@H](O)CC[C@]4(C)C3C[C@@H](C)C21. The summed E-state index contributed by atoms with van der Waals surface area (Å²) in [5.74, 6) is 5.93. The van der Waals surface area contributed by atoms with E-state index in [1.807, 2.05) is 0 Å². The highest BCUT2D eigenvalue weighted by Crippen LogP contribution is 2.64. The molecule has 166 valence electrons. The molecule has 2 N–H and O–H groups in total. The van der Waals surface area contributed by atoms with Crippen molar-refractivity contribution >= 4 is 0 Å². The van der Waals surface area contributed by atoms with E-state index in [2.05, 4.69) is 40.7 Å². The molecule has 0 aromatic carbocycles. The van der Waals surface area contributed by atoms with Gasteiger partial charge in [-0.25, -0.2) is 0 Å². The fourth-order valence-electron chi connectivity index (χ4n) is 8.43. The molecule has 0 aliphatic heterocycles. The Balaban J connectivity index is 1.51. The van der Waals surface area contributed by atoms with Crippen LogP contribution in [0, 0.1) is 52.8 Å². The van der Waals surface area contributed by atoms with Crippen LogP contribution in [0.3, 0.4) is 0 Å². The molecule has 4 aliphatic carbocycles. The van der Waals surface area contributed by atoms with E-state index in [1.165, 1.54) is 32.1 Å². The number of hydrogen-bond acceptors (Lipinski definition) is 2. The second-order valence-electron chi connectivity index (χ2n) is 12.1. The van der Waals surface area contributed by atoms with E-state index in [9.17, 15) is 10.2 Å². The number of allylic oxidation sites excluding steroid dienone is 1. The summed E-state index contributed by atoms with van der Waals surface area (Å²) >= 11 is 0. The highest BCUT2D eigenvalue weighted by Gasteiger charge is 2.56. The van der Waals surface area contributed by atoms with Gasteiger partial charge in [-0.15, -0.1) is 0 Å². The van der Waals surface area contributed by atoms with Gasteiger partial charge in [0.05, 0.1) is 12.2 Å².